The molecule has 0 saturated carbocycles. The van der Waals surface area contributed by atoms with Crippen molar-refractivity contribution in [1.82, 2.24) is 0 Å². The zero-order valence-corrected chi connectivity index (χ0v) is 11.9. The summed E-state index contributed by atoms with van der Waals surface area (Å²) in [5.74, 6) is 0.736. The average Bonchev–Trinajstić information content (AvgIpc) is 2.39. The van der Waals surface area contributed by atoms with Crippen molar-refractivity contribution in [3.63, 3.8) is 0 Å². The Balaban J connectivity index is 2.14. The molecule has 0 amide bonds. The van der Waals surface area contributed by atoms with Crippen molar-refractivity contribution >= 4 is 21.6 Å². The van der Waals surface area contributed by atoms with Gasteiger partial charge in [-0.3, -0.25) is 0 Å². The molecule has 0 unspecified atom stereocenters. The highest BCUT2D eigenvalue weighted by atomic mass is 79.9. The summed E-state index contributed by atoms with van der Waals surface area (Å²) in [6.07, 6.45) is 0. The van der Waals surface area contributed by atoms with Gasteiger partial charge in [-0.05, 0) is 24.3 Å². The molecule has 100 valence electrons. The maximum atomic E-state index is 13.6. The van der Waals surface area contributed by atoms with Gasteiger partial charge in [-0.1, -0.05) is 22.0 Å². The van der Waals surface area contributed by atoms with Crippen LogP contribution in [0.5, 0.6) is 11.5 Å². The van der Waals surface area contributed by atoms with E-state index in [0.29, 0.717) is 27.2 Å². The van der Waals surface area contributed by atoms with Crippen molar-refractivity contribution in [3.05, 3.63) is 52.3 Å². The molecule has 5 heteroatoms. The number of nitrogens with two attached hydrogens (primary N) is 1. The molecule has 2 aromatic rings. The molecule has 0 aromatic heterocycles. The van der Waals surface area contributed by atoms with Gasteiger partial charge in [0.1, 0.15) is 12.4 Å². The van der Waals surface area contributed by atoms with Gasteiger partial charge in [-0.15, -0.1) is 0 Å². The Morgan fingerprint density at radius 3 is 2.63 bits per heavy atom. The van der Waals surface area contributed by atoms with E-state index in [1.807, 2.05) is 0 Å². The molecule has 0 heterocycles. The van der Waals surface area contributed by atoms with E-state index in [1.165, 1.54) is 13.2 Å². The number of ether oxygens (including phenoxy) is 2. The smallest absolute Gasteiger partial charge is 0.162 e. The zero-order valence-electron chi connectivity index (χ0n) is 10.3. The van der Waals surface area contributed by atoms with E-state index in [1.54, 1.807) is 30.3 Å². The average molecular weight is 326 g/mol. The molecular formula is C14H13BrFNO2. The number of rotatable bonds is 4. The summed E-state index contributed by atoms with van der Waals surface area (Å²) in [5, 5.41) is 0. The van der Waals surface area contributed by atoms with Gasteiger partial charge in [0.15, 0.2) is 11.5 Å². The minimum Gasteiger partial charge on any atom is -0.493 e. The molecule has 0 aliphatic rings. The first-order chi connectivity index (χ1) is 9.10. The number of methoxy groups -OCH3 is 1. The molecule has 0 atom stereocenters. The molecule has 3 nitrogen and oxygen atoms in total. The Kier molecular flexibility index (Phi) is 4.27. The number of hydrogen-bond acceptors (Lipinski definition) is 3. The molecule has 0 spiro atoms. The fourth-order valence-corrected chi connectivity index (χ4v) is 1.93. The highest BCUT2D eigenvalue weighted by Gasteiger charge is 2.07. The highest BCUT2D eigenvalue weighted by molar-refractivity contribution is 9.10. The summed E-state index contributed by atoms with van der Waals surface area (Å²) in [5.41, 5.74) is 6.71. The number of halogens is 2. The van der Waals surface area contributed by atoms with Gasteiger partial charge in [0, 0.05) is 21.8 Å². The van der Waals surface area contributed by atoms with Crippen LogP contribution < -0.4 is 15.2 Å². The van der Waals surface area contributed by atoms with Gasteiger partial charge >= 0.3 is 0 Å². The lowest BCUT2D eigenvalue weighted by atomic mass is 10.2. The summed E-state index contributed by atoms with van der Waals surface area (Å²) in [4.78, 5) is 0. The zero-order chi connectivity index (χ0) is 13.8. The van der Waals surface area contributed by atoms with Crippen molar-refractivity contribution in [2.75, 3.05) is 12.8 Å². The predicted octanol–water partition coefficient (Wildman–Crippen LogP) is 3.76. The van der Waals surface area contributed by atoms with Crippen molar-refractivity contribution in [2.24, 2.45) is 0 Å². The molecule has 0 radical (unpaired) electrons. The molecule has 0 aliphatic heterocycles. The third-order valence-corrected chi connectivity index (χ3v) is 3.08. The Bertz CT molecular complexity index is 590. The van der Waals surface area contributed by atoms with Gasteiger partial charge in [0.25, 0.3) is 0 Å². The fraction of sp³-hybridized carbons (Fsp3) is 0.143. The Hall–Kier alpha value is -1.75. The molecule has 2 N–H and O–H groups in total. The predicted molar refractivity (Wildman–Crippen MR) is 75.8 cm³/mol. The number of nitrogen functional groups attached to an aromatic ring is 1. The van der Waals surface area contributed by atoms with Crippen molar-refractivity contribution < 1.29 is 13.9 Å². The third-order valence-electron chi connectivity index (χ3n) is 2.59. The third kappa shape index (κ3) is 3.38. The van der Waals surface area contributed by atoms with E-state index < -0.39 is 0 Å². The van der Waals surface area contributed by atoms with Crippen molar-refractivity contribution in [1.29, 1.82) is 0 Å². The van der Waals surface area contributed by atoms with Crippen molar-refractivity contribution in [2.45, 2.75) is 6.61 Å². The van der Waals surface area contributed by atoms with Crippen LogP contribution in [0.25, 0.3) is 0 Å². The van der Waals surface area contributed by atoms with E-state index in [9.17, 15) is 4.39 Å². The van der Waals surface area contributed by atoms with Crippen LogP contribution in [0.3, 0.4) is 0 Å². The minimum atomic E-state index is -0.316. The van der Waals surface area contributed by atoms with Crippen LogP contribution in [0.15, 0.2) is 40.9 Å². The van der Waals surface area contributed by atoms with Crippen molar-refractivity contribution in [3.8, 4) is 11.5 Å². The summed E-state index contributed by atoms with van der Waals surface area (Å²) >= 11 is 3.21. The normalized spacial score (nSPS) is 10.3. The van der Waals surface area contributed by atoms with Crippen LogP contribution in [0.2, 0.25) is 0 Å². The number of anilines is 1. The van der Waals surface area contributed by atoms with E-state index in [0.717, 1.165) is 0 Å². The SMILES string of the molecule is COc1cc(N)ccc1OCc1ccc(Br)cc1F. The summed E-state index contributed by atoms with van der Waals surface area (Å²) in [6, 6.07) is 9.90. The topological polar surface area (TPSA) is 44.5 Å². The minimum absolute atomic E-state index is 0.124. The van der Waals surface area contributed by atoms with E-state index >= 15 is 0 Å². The molecular weight excluding hydrogens is 313 g/mol. The standard InChI is InChI=1S/C14H13BrFNO2/c1-18-14-7-11(17)4-5-13(14)19-8-9-2-3-10(15)6-12(9)16/h2-7H,8,17H2,1H3. The van der Waals surface area contributed by atoms with Gasteiger partial charge < -0.3 is 15.2 Å². The largest absolute Gasteiger partial charge is 0.493 e. The van der Waals surface area contributed by atoms with Crippen LogP contribution in [-0.4, -0.2) is 7.11 Å². The second kappa shape index (κ2) is 5.93. The molecule has 2 rings (SSSR count). The first kappa shape index (κ1) is 13.7. The van der Waals surface area contributed by atoms with Crippen LogP contribution in [0.4, 0.5) is 10.1 Å². The lowest BCUT2D eigenvalue weighted by Crippen LogP contribution is -2.00. The van der Waals surface area contributed by atoms with Crippen LogP contribution in [-0.2, 0) is 6.61 Å². The highest BCUT2D eigenvalue weighted by Crippen LogP contribution is 2.30. The fourth-order valence-electron chi connectivity index (χ4n) is 1.60. The van der Waals surface area contributed by atoms with Crippen LogP contribution in [0.1, 0.15) is 5.56 Å². The lowest BCUT2D eigenvalue weighted by Gasteiger charge is -2.11. The van der Waals surface area contributed by atoms with E-state index in [-0.39, 0.29) is 12.4 Å². The monoisotopic (exact) mass is 325 g/mol. The molecule has 0 fully saturated rings. The second-order valence-corrected chi connectivity index (χ2v) is 4.85. The second-order valence-electron chi connectivity index (χ2n) is 3.93. The maximum absolute atomic E-state index is 13.6. The summed E-state index contributed by atoms with van der Waals surface area (Å²) in [7, 11) is 1.53. The number of benzene rings is 2. The first-order valence-electron chi connectivity index (χ1n) is 5.60. The Morgan fingerprint density at radius 1 is 1.16 bits per heavy atom. The van der Waals surface area contributed by atoms with Crippen LogP contribution >= 0.6 is 15.9 Å². The summed E-state index contributed by atoms with van der Waals surface area (Å²) < 4.78 is 25.0. The quantitative estimate of drug-likeness (QED) is 0.870. The van der Waals surface area contributed by atoms with Gasteiger partial charge in [-0.2, -0.15) is 0 Å². The molecule has 19 heavy (non-hydrogen) atoms. The Morgan fingerprint density at radius 2 is 1.95 bits per heavy atom. The van der Waals surface area contributed by atoms with E-state index in [4.69, 9.17) is 15.2 Å². The maximum Gasteiger partial charge on any atom is 0.162 e. The molecule has 0 aliphatic carbocycles. The summed E-state index contributed by atoms with van der Waals surface area (Å²) in [6.45, 7) is 0.124. The van der Waals surface area contributed by atoms with Gasteiger partial charge in [0.05, 0.1) is 7.11 Å². The molecule has 0 bridgehead atoms. The van der Waals surface area contributed by atoms with Gasteiger partial charge in [0.2, 0.25) is 0 Å². The number of hydrogen-bond donors (Lipinski definition) is 1. The molecule has 2 aromatic carbocycles. The lowest BCUT2D eigenvalue weighted by molar-refractivity contribution is 0.280. The molecule has 0 saturated heterocycles. The first-order valence-corrected chi connectivity index (χ1v) is 6.39. The van der Waals surface area contributed by atoms with Gasteiger partial charge in [-0.25, -0.2) is 4.39 Å². The van der Waals surface area contributed by atoms with E-state index in [2.05, 4.69) is 15.9 Å². The Labute approximate surface area is 119 Å². The van der Waals surface area contributed by atoms with Crippen LogP contribution in [0, 0.1) is 5.82 Å².